The van der Waals surface area contributed by atoms with Crippen molar-refractivity contribution in [2.24, 2.45) is 11.1 Å². The molecular weight excluding hydrogens is 184 g/mol. The van der Waals surface area contributed by atoms with Crippen LogP contribution in [-0.2, 0) is 9.53 Å². The zero-order chi connectivity index (χ0) is 10.6. The van der Waals surface area contributed by atoms with E-state index in [1.165, 1.54) is 7.11 Å². The zero-order valence-corrected chi connectivity index (χ0v) is 8.56. The Bertz CT molecular complexity index is 240. The van der Waals surface area contributed by atoms with Crippen LogP contribution in [0.1, 0.15) is 13.3 Å². The zero-order valence-electron chi connectivity index (χ0n) is 8.56. The highest BCUT2D eigenvalue weighted by atomic mass is 16.5. The summed E-state index contributed by atoms with van der Waals surface area (Å²) in [5.74, 6) is 0.130. The second-order valence-corrected chi connectivity index (χ2v) is 3.52. The molecule has 1 rings (SSSR count). The maximum atomic E-state index is 11.4. The van der Waals surface area contributed by atoms with Crippen LogP contribution in [-0.4, -0.2) is 48.5 Å². The first-order valence-electron chi connectivity index (χ1n) is 4.66. The van der Waals surface area contributed by atoms with Gasteiger partial charge < -0.3 is 14.8 Å². The fourth-order valence-electron chi connectivity index (χ4n) is 1.61. The Morgan fingerprint density at radius 1 is 1.79 bits per heavy atom. The first-order valence-corrected chi connectivity index (χ1v) is 4.66. The van der Waals surface area contributed by atoms with Crippen molar-refractivity contribution in [2.75, 3.05) is 26.8 Å². The molecule has 1 unspecified atom stereocenters. The molecule has 1 amide bonds. The number of methoxy groups -OCH3 is 1. The maximum Gasteiger partial charge on any atom is 0.248 e. The molecule has 1 heterocycles. The van der Waals surface area contributed by atoms with Gasteiger partial charge in [0.15, 0.2) is 0 Å². The van der Waals surface area contributed by atoms with Crippen molar-refractivity contribution in [3.05, 3.63) is 0 Å². The molecule has 80 valence electrons. The van der Waals surface area contributed by atoms with Crippen LogP contribution in [0.25, 0.3) is 0 Å². The van der Waals surface area contributed by atoms with Crippen molar-refractivity contribution in [1.29, 1.82) is 0 Å². The molecule has 1 fully saturated rings. The molecule has 0 radical (unpaired) electrons. The van der Waals surface area contributed by atoms with Gasteiger partial charge in [0.1, 0.15) is 6.61 Å². The summed E-state index contributed by atoms with van der Waals surface area (Å²) in [6, 6.07) is 0. The lowest BCUT2D eigenvalue weighted by Gasteiger charge is -2.31. The number of carbonyl (C=O) groups is 1. The average molecular weight is 200 g/mol. The number of amides is 1. The van der Waals surface area contributed by atoms with Crippen LogP contribution in [0.4, 0.5) is 0 Å². The predicted molar refractivity (Wildman–Crippen MR) is 51.5 cm³/mol. The number of ether oxygens (including phenoxy) is 1. The smallest absolute Gasteiger partial charge is 0.248 e. The summed E-state index contributed by atoms with van der Waals surface area (Å²) < 4.78 is 4.77. The lowest BCUT2D eigenvalue weighted by molar-refractivity contribution is -0.135. The van der Waals surface area contributed by atoms with Crippen LogP contribution in [0.2, 0.25) is 0 Å². The molecule has 0 bridgehead atoms. The minimum atomic E-state index is -0.00339. The highest BCUT2D eigenvalue weighted by molar-refractivity contribution is 5.89. The van der Waals surface area contributed by atoms with Gasteiger partial charge in [0.25, 0.3) is 0 Å². The van der Waals surface area contributed by atoms with Gasteiger partial charge in [-0.15, -0.1) is 0 Å². The SMILES string of the molecule is COCC(=O)N1CCC(=NO)C(C)C1. The number of hydrogen-bond acceptors (Lipinski definition) is 4. The van der Waals surface area contributed by atoms with Crippen molar-refractivity contribution < 1.29 is 14.7 Å². The summed E-state index contributed by atoms with van der Waals surface area (Å²) in [6.07, 6.45) is 0.646. The summed E-state index contributed by atoms with van der Waals surface area (Å²) in [6.45, 7) is 3.30. The standard InChI is InChI=1S/C9H16N2O3/c1-7-5-11(9(12)6-14-2)4-3-8(7)10-13/h7,13H,3-6H2,1-2H3. The van der Waals surface area contributed by atoms with Crippen LogP contribution in [0.5, 0.6) is 0 Å². The molecule has 1 aliphatic rings. The average Bonchev–Trinajstić information content (AvgIpc) is 2.18. The Balaban J connectivity index is 2.50. The Morgan fingerprint density at radius 3 is 3.00 bits per heavy atom. The minimum absolute atomic E-state index is 0.00339. The maximum absolute atomic E-state index is 11.4. The molecule has 1 N–H and O–H groups in total. The van der Waals surface area contributed by atoms with Gasteiger partial charge in [-0.25, -0.2) is 0 Å². The third kappa shape index (κ3) is 2.45. The molecular formula is C9H16N2O3. The number of nitrogens with zero attached hydrogens (tertiary/aromatic N) is 2. The minimum Gasteiger partial charge on any atom is -0.411 e. The van der Waals surface area contributed by atoms with Gasteiger partial charge in [-0.05, 0) is 0 Å². The first kappa shape index (κ1) is 11.0. The van der Waals surface area contributed by atoms with Gasteiger partial charge in [-0.1, -0.05) is 12.1 Å². The Morgan fingerprint density at radius 2 is 2.50 bits per heavy atom. The van der Waals surface area contributed by atoms with Crippen LogP contribution >= 0.6 is 0 Å². The van der Waals surface area contributed by atoms with E-state index in [1.54, 1.807) is 4.90 Å². The molecule has 0 aliphatic carbocycles. The molecule has 1 saturated heterocycles. The lowest BCUT2D eigenvalue weighted by Crippen LogP contribution is -2.44. The third-order valence-corrected chi connectivity index (χ3v) is 2.45. The molecule has 5 heteroatoms. The van der Waals surface area contributed by atoms with Gasteiger partial charge in [0.2, 0.25) is 5.91 Å². The third-order valence-electron chi connectivity index (χ3n) is 2.45. The van der Waals surface area contributed by atoms with Crippen LogP contribution < -0.4 is 0 Å². The van der Waals surface area contributed by atoms with Gasteiger partial charge >= 0.3 is 0 Å². The van der Waals surface area contributed by atoms with E-state index >= 15 is 0 Å². The molecule has 1 aliphatic heterocycles. The Hall–Kier alpha value is -1.10. The van der Waals surface area contributed by atoms with E-state index in [0.29, 0.717) is 19.5 Å². The molecule has 1 atom stereocenters. The van der Waals surface area contributed by atoms with E-state index < -0.39 is 0 Å². The molecule has 0 aromatic heterocycles. The van der Waals surface area contributed by atoms with E-state index in [-0.39, 0.29) is 18.4 Å². The summed E-state index contributed by atoms with van der Waals surface area (Å²) in [5.41, 5.74) is 0.770. The predicted octanol–water partition coefficient (Wildman–Crippen LogP) is 0.331. The van der Waals surface area contributed by atoms with E-state index in [0.717, 1.165) is 5.71 Å². The number of rotatable bonds is 2. The van der Waals surface area contributed by atoms with E-state index in [1.807, 2.05) is 6.92 Å². The van der Waals surface area contributed by atoms with Crippen LogP contribution in [0.3, 0.4) is 0 Å². The molecule has 14 heavy (non-hydrogen) atoms. The van der Waals surface area contributed by atoms with Gasteiger partial charge in [0, 0.05) is 32.5 Å². The Kier molecular flexibility index (Phi) is 3.88. The van der Waals surface area contributed by atoms with Crippen LogP contribution in [0.15, 0.2) is 5.16 Å². The Labute approximate surface area is 83.3 Å². The van der Waals surface area contributed by atoms with Crippen molar-refractivity contribution in [2.45, 2.75) is 13.3 Å². The van der Waals surface area contributed by atoms with E-state index in [4.69, 9.17) is 9.94 Å². The second-order valence-electron chi connectivity index (χ2n) is 3.52. The molecule has 5 nitrogen and oxygen atoms in total. The molecule has 0 aromatic carbocycles. The lowest BCUT2D eigenvalue weighted by atomic mass is 9.98. The number of likely N-dealkylation sites (tertiary alicyclic amines) is 1. The number of oxime groups is 1. The van der Waals surface area contributed by atoms with Crippen LogP contribution in [0, 0.1) is 5.92 Å². The number of carbonyl (C=O) groups excluding carboxylic acids is 1. The normalized spacial score (nSPS) is 25.4. The highest BCUT2D eigenvalue weighted by Crippen LogP contribution is 2.13. The van der Waals surface area contributed by atoms with Crippen molar-refractivity contribution in [1.82, 2.24) is 4.90 Å². The number of piperidine rings is 1. The van der Waals surface area contributed by atoms with Crippen molar-refractivity contribution in [3.63, 3.8) is 0 Å². The van der Waals surface area contributed by atoms with E-state index in [9.17, 15) is 4.79 Å². The van der Waals surface area contributed by atoms with Gasteiger partial charge in [0.05, 0.1) is 5.71 Å². The molecule has 0 saturated carbocycles. The second kappa shape index (κ2) is 4.95. The summed E-state index contributed by atoms with van der Waals surface area (Å²) in [5, 5.41) is 11.9. The quantitative estimate of drug-likeness (QED) is 0.516. The monoisotopic (exact) mass is 200 g/mol. The first-order chi connectivity index (χ1) is 6.69. The summed E-state index contributed by atoms with van der Waals surface area (Å²) in [7, 11) is 1.51. The fraction of sp³-hybridized carbons (Fsp3) is 0.778. The van der Waals surface area contributed by atoms with Crippen molar-refractivity contribution in [3.8, 4) is 0 Å². The summed E-state index contributed by atoms with van der Waals surface area (Å²) in [4.78, 5) is 13.2. The fourth-order valence-corrected chi connectivity index (χ4v) is 1.61. The largest absolute Gasteiger partial charge is 0.411 e. The molecule has 0 spiro atoms. The number of hydrogen-bond donors (Lipinski definition) is 1. The van der Waals surface area contributed by atoms with E-state index in [2.05, 4.69) is 5.16 Å². The molecule has 0 aromatic rings. The van der Waals surface area contributed by atoms with Crippen molar-refractivity contribution >= 4 is 11.6 Å². The van der Waals surface area contributed by atoms with Gasteiger partial charge in [-0.3, -0.25) is 4.79 Å². The topological polar surface area (TPSA) is 62.1 Å². The summed E-state index contributed by atoms with van der Waals surface area (Å²) >= 11 is 0. The van der Waals surface area contributed by atoms with Gasteiger partial charge in [-0.2, -0.15) is 0 Å². The highest BCUT2D eigenvalue weighted by Gasteiger charge is 2.25.